The predicted molar refractivity (Wildman–Crippen MR) is 135 cm³/mol. The van der Waals surface area contributed by atoms with Gasteiger partial charge in [-0.05, 0) is 48.4 Å². The van der Waals surface area contributed by atoms with Crippen molar-refractivity contribution in [2.24, 2.45) is 0 Å². The monoisotopic (exact) mass is 521 g/mol. The second kappa shape index (κ2) is 9.45. The van der Waals surface area contributed by atoms with Gasteiger partial charge in [-0.25, -0.2) is 25.2 Å². The molecule has 0 saturated heterocycles. The van der Waals surface area contributed by atoms with Gasteiger partial charge >= 0.3 is 0 Å². The molecule has 4 aromatic rings. The molecule has 1 aromatic heterocycles. The Kier molecular flexibility index (Phi) is 6.54. The van der Waals surface area contributed by atoms with Crippen molar-refractivity contribution in [3.63, 3.8) is 0 Å². The molecule has 0 saturated carbocycles. The Bertz CT molecular complexity index is 1720. The maximum Gasteiger partial charge on any atom is 0.267 e. The summed E-state index contributed by atoms with van der Waals surface area (Å²) in [6.07, 6.45) is 2.14. The highest BCUT2D eigenvalue weighted by atomic mass is 32.2. The summed E-state index contributed by atoms with van der Waals surface area (Å²) in [6, 6.07) is 19.8. The molecular formula is C26H20FN3O4S2. The van der Waals surface area contributed by atoms with Crippen LogP contribution in [0.15, 0.2) is 102 Å². The third kappa shape index (κ3) is 4.79. The van der Waals surface area contributed by atoms with Crippen LogP contribution >= 0.6 is 0 Å². The molecule has 0 radical (unpaired) electrons. The minimum Gasteiger partial charge on any atom is -0.277 e. The molecule has 0 bridgehead atoms. The summed E-state index contributed by atoms with van der Waals surface area (Å²) in [5, 5.41) is 8.93. The molecule has 0 unspecified atom stereocenters. The third-order valence-electron chi connectivity index (χ3n) is 5.44. The number of nitriles is 1. The van der Waals surface area contributed by atoms with E-state index < -0.39 is 30.8 Å². The van der Waals surface area contributed by atoms with Crippen LogP contribution in [0.3, 0.4) is 0 Å². The highest BCUT2D eigenvalue weighted by Crippen LogP contribution is 2.32. The Balaban J connectivity index is 1.86. The summed E-state index contributed by atoms with van der Waals surface area (Å²) < 4.78 is 70.8. The van der Waals surface area contributed by atoms with Gasteiger partial charge < -0.3 is 0 Å². The Morgan fingerprint density at radius 3 is 2.25 bits per heavy atom. The Hall–Kier alpha value is -4.20. The highest BCUT2D eigenvalue weighted by Gasteiger charge is 2.28. The molecule has 36 heavy (non-hydrogen) atoms. The van der Waals surface area contributed by atoms with Crippen LogP contribution in [-0.4, -0.2) is 20.8 Å². The van der Waals surface area contributed by atoms with Gasteiger partial charge in [0.2, 0.25) is 0 Å². The number of sulfonamides is 1. The average molecular weight is 522 g/mol. The van der Waals surface area contributed by atoms with Crippen molar-refractivity contribution in [2.75, 3.05) is 4.72 Å². The summed E-state index contributed by atoms with van der Waals surface area (Å²) >= 11 is 0. The number of benzene rings is 3. The number of rotatable bonds is 7. The SMILES string of the molecule is C=C(c1ccccc1)c1cn(S(=O)(=O)c2ccc(C)cc2)cc1S(=O)(=O)Nc1ccc(C#N)cc1F. The summed E-state index contributed by atoms with van der Waals surface area (Å²) in [4.78, 5) is -0.439. The molecule has 1 N–H and O–H groups in total. The van der Waals surface area contributed by atoms with E-state index in [1.54, 1.807) is 48.5 Å². The fourth-order valence-corrected chi connectivity index (χ4v) is 6.05. The first kappa shape index (κ1) is 24.9. The van der Waals surface area contributed by atoms with Crippen molar-refractivity contribution in [1.29, 1.82) is 5.26 Å². The molecule has 0 aliphatic heterocycles. The first-order valence-corrected chi connectivity index (χ1v) is 13.5. The lowest BCUT2D eigenvalue weighted by Crippen LogP contribution is -2.15. The maximum absolute atomic E-state index is 14.5. The molecule has 0 amide bonds. The number of halogens is 1. The molecule has 0 fully saturated rings. The van der Waals surface area contributed by atoms with E-state index in [1.807, 2.05) is 6.92 Å². The summed E-state index contributed by atoms with van der Waals surface area (Å²) in [5.74, 6) is -0.951. The number of aromatic nitrogens is 1. The van der Waals surface area contributed by atoms with Crippen molar-refractivity contribution in [3.8, 4) is 6.07 Å². The number of nitrogens with zero attached hydrogens (tertiary/aromatic N) is 2. The van der Waals surface area contributed by atoms with Gasteiger partial charge in [0, 0.05) is 18.0 Å². The van der Waals surface area contributed by atoms with Gasteiger partial charge in [-0.3, -0.25) is 4.72 Å². The van der Waals surface area contributed by atoms with Crippen LogP contribution in [0.2, 0.25) is 0 Å². The normalized spacial score (nSPS) is 11.6. The van der Waals surface area contributed by atoms with Crippen molar-refractivity contribution in [3.05, 3.63) is 120 Å². The van der Waals surface area contributed by atoms with Crippen LogP contribution in [0.4, 0.5) is 10.1 Å². The van der Waals surface area contributed by atoms with Crippen molar-refractivity contribution < 1.29 is 21.2 Å². The first-order valence-electron chi connectivity index (χ1n) is 10.5. The Morgan fingerprint density at radius 1 is 0.972 bits per heavy atom. The maximum atomic E-state index is 14.5. The Labute approximate surface area is 208 Å². The van der Waals surface area contributed by atoms with E-state index in [0.29, 0.717) is 5.56 Å². The van der Waals surface area contributed by atoms with Crippen LogP contribution < -0.4 is 4.72 Å². The van der Waals surface area contributed by atoms with E-state index in [2.05, 4.69) is 11.3 Å². The molecule has 0 aliphatic rings. The molecule has 1 heterocycles. The van der Waals surface area contributed by atoms with E-state index in [1.165, 1.54) is 24.4 Å². The van der Waals surface area contributed by atoms with Crippen LogP contribution in [0.25, 0.3) is 5.57 Å². The minimum absolute atomic E-state index is 0.0175. The van der Waals surface area contributed by atoms with Crippen LogP contribution in [0.1, 0.15) is 22.3 Å². The standard InChI is InChI=1S/C26H20FN3O4S2/c1-18-8-11-22(12-9-18)36(33,34)30-16-23(19(2)21-6-4-3-5-7-21)26(17-30)35(31,32)29-25-13-10-20(15-28)14-24(25)27/h3-14,16-17,29H,2H2,1H3. The zero-order valence-corrected chi connectivity index (χ0v) is 20.6. The number of hydrogen-bond donors (Lipinski definition) is 1. The number of anilines is 1. The van der Waals surface area contributed by atoms with Crippen LogP contribution in [-0.2, 0) is 20.0 Å². The van der Waals surface area contributed by atoms with Crippen molar-refractivity contribution in [2.45, 2.75) is 16.7 Å². The minimum atomic E-state index is -4.49. The third-order valence-corrected chi connectivity index (χ3v) is 8.47. The van der Waals surface area contributed by atoms with Gasteiger partial charge in [-0.2, -0.15) is 5.26 Å². The van der Waals surface area contributed by atoms with E-state index in [4.69, 9.17) is 5.26 Å². The van der Waals surface area contributed by atoms with Crippen molar-refractivity contribution in [1.82, 2.24) is 3.97 Å². The average Bonchev–Trinajstić information content (AvgIpc) is 3.33. The quantitative estimate of drug-likeness (QED) is 0.372. The fourth-order valence-electron chi connectivity index (χ4n) is 3.49. The van der Waals surface area contributed by atoms with Gasteiger partial charge in [0.05, 0.1) is 22.2 Å². The van der Waals surface area contributed by atoms with E-state index >= 15 is 0 Å². The second-order valence-electron chi connectivity index (χ2n) is 7.94. The first-order chi connectivity index (χ1) is 17.0. The second-order valence-corrected chi connectivity index (χ2v) is 11.4. The number of hydrogen-bond acceptors (Lipinski definition) is 5. The lowest BCUT2D eigenvalue weighted by atomic mass is 10.0. The lowest BCUT2D eigenvalue weighted by Gasteiger charge is -2.11. The summed E-state index contributed by atoms with van der Waals surface area (Å²) in [6.45, 7) is 5.80. The fraction of sp³-hybridized carbons (Fsp3) is 0.0385. The molecule has 0 atom stereocenters. The predicted octanol–water partition coefficient (Wildman–Crippen LogP) is 4.91. The zero-order chi connectivity index (χ0) is 26.1. The summed E-state index contributed by atoms with van der Waals surface area (Å²) in [5.41, 5.74) is 1.34. The van der Waals surface area contributed by atoms with Gasteiger partial charge in [0.25, 0.3) is 20.0 Å². The smallest absolute Gasteiger partial charge is 0.267 e. The zero-order valence-electron chi connectivity index (χ0n) is 19.0. The van der Waals surface area contributed by atoms with E-state index in [9.17, 15) is 21.2 Å². The highest BCUT2D eigenvalue weighted by molar-refractivity contribution is 7.93. The van der Waals surface area contributed by atoms with Crippen LogP contribution in [0, 0.1) is 24.1 Å². The molecule has 182 valence electrons. The molecule has 4 rings (SSSR count). The summed E-state index contributed by atoms with van der Waals surface area (Å²) in [7, 11) is -8.64. The topological polar surface area (TPSA) is 109 Å². The van der Waals surface area contributed by atoms with Gasteiger partial charge in [-0.15, -0.1) is 0 Å². The number of aryl methyl sites for hydroxylation is 1. The van der Waals surface area contributed by atoms with E-state index in [0.717, 1.165) is 27.9 Å². The van der Waals surface area contributed by atoms with Gasteiger partial charge in [0.1, 0.15) is 10.7 Å². The lowest BCUT2D eigenvalue weighted by molar-refractivity contribution is 0.587. The Morgan fingerprint density at radius 2 is 1.64 bits per heavy atom. The van der Waals surface area contributed by atoms with Gasteiger partial charge in [0.15, 0.2) is 0 Å². The van der Waals surface area contributed by atoms with E-state index in [-0.39, 0.29) is 27.3 Å². The largest absolute Gasteiger partial charge is 0.277 e. The molecule has 0 aliphatic carbocycles. The van der Waals surface area contributed by atoms with Gasteiger partial charge in [-0.1, -0.05) is 54.6 Å². The van der Waals surface area contributed by atoms with Crippen LogP contribution in [0.5, 0.6) is 0 Å². The molecule has 3 aromatic carbocycles. The molecule has 10 heteroatoms. The van der Waals surface area contributed by atoms with Crippen molar-refractivity contribution >= 4 is 31.3 Å². The molecular weight excluding hydrogens is 501 g/mol. The molecule has 7 nitrogen and oxygen atoms in total. The molecule has 0 spiro atoms. The number of nitrogens with one attached hydrogen (secondary N) is 1.